The van der Waals surface area contributed by atoms with Crippen LogP contribution in [0.4, 0.5) is 5.69 Å². The normalized spacial score (nSPS) is 11.1. The molecule has 212 valence electrons. The predicted octanol–water partition coefficient (Wildman–Crippen LogP) is 5.33. The highest BCUT2D eigenvalue weighted by Gasteiger charge is 2.20. The second kappa shape index (κ2) is 13.1. The van der Waals surface area contributed by atoms with Gasteiger partial charge >= 0.3 is 0 Å². The number of aromatic nitrogens is 2. The van der Waals surface area contributed by atoms with Crippen molar-refractivity contribution in [3.63, 3.8) is 0 Å². The lowest BCUT2D eigenvalue weighted by Crippen LogP contribution is -2.37. The van der Waals surface area contributed by atoms with Gasteiger partial charge in [0.1, 0.15) is 11.8 Å². The molecule has 0 bridgehead atoms. The van der Waals surface area contributed by atoms with E-state index in [1.807, 2.05) is 0 Å². The number of halogens is 3. The fourth-order valence-corrected chi connectivity index (χ4v) is 4.69. The zero-order chi connectivity index (χ0) is 29.7. The molecule has 4 aromatic rings. The summed E-state index contributed by atoms with van der Waals surface area (Å²) in [5.41, 5.74) is 3.33. The maximum Gasteiger partial charge on any atom is 0.251 e. The predicted molar refractivity (Wildman–Crippen MR) is 161 cm³/mol. The smallest absolute Gasteiger partial charge is 0.251 e. The number of amides is 3. The summed E-state index contributed by atoms with van der Waals surface area (Å²) in [7, 11) is 3.10. The van der Waals surface area contributed by atoms with Gasteiger partial charge in [-0.25, -0.2) is 4.98 Å². The molecule has 2 N–H and O–H groups in total. The number of hydrogen-bond donors (Lipinski definition) is 2. The van der Waals surface area contributed by atoms with Crippen LogP contribution in [-0.4, -0.2) is 47.7 Å². The third-order valence-corrected chi connectivity index (χ3v) is 7.46. The van der Waals surface area contributed by atoms with Gasteiger partial charge in [0, 0.05) is 42.5 Å². The zero-order valence-electron chi connectivity index (χ0n) is 22.4. The molecule has 2 heterocycles. The Morgan fingerprint density at radius 2 is 1.80 bits per heavy atom. The van der Waals surface area contributed by atoms with Crippen molar-refractivity contribution < 1.29 is 19.1 Å². The first-order valence-corrected chi connectivity index (χ1v) is 13.5. The molecule has 0 saturated carbocycles. The summed E-state index contributed by atoms with van der Waals surface area (Å²) in [6.45, 7) is 1.56. The number of hydrogen-bond acceptors (Lipinski definition) is 5. The zero-order valence-corrected chi connectivity index (χ0v) is 24.6. The summed E-state index contributed by atoms with van der Waals surface area (Å²) in [5, 5.41) is 6.20. The molecule has 0 radical (unpaired) electrons. The van der Waals surface area contributed by atoms with Crippen LogP contribution in [0, 0.1) is 6.92 Å². The van der Waals surface area contributed by atoms with E-state index in [-0.39, 0.29) is 24.1 Å². The number of aryl methyl sites for hydroxylation is 1. The molecule has 3 amide bonds. The van der Waals surface area contributed by atoms with Gasteiger partial charge in [0.2, 0.25) is 11.8 Å². The molecule has 4 rings (SSSR count). The molecule has 0 saturated heterocycles. The minimum absolute atomic E-state index is 0.0162. The average molecular weight is 615 g/mol. The van der Waals surface area contributed by atoms with Crippen molar-refractivity contribution in [1.29, 1.82) is 0 Å². The van der Waals surface area contributed by atoms with Crippen LogP contribution in [0.3, 0.4) is 0 Å². The SMILES string of the molecule is CNC(=O)c1ccc(C=CC(=O)NCC(=O)N(C)c2ccc(Cl)c(COc3cccn4c(Cl)c(C)nc34)c2Cl)cc1. The molecule has 0 aliphatic rings. The number of anilines is 1. The topological polar surface area (TPSA) is 105 Å². The molecule has 2 aromatic heterocycles. The van der Waals surface area contributed by atoms with Gasteiger partial charge in [0.15, 0.2) is 11.4 Å². The molecule has 12 heteroatoms. The average Bonchev–Trinajstić information content (AvgIpc) is 3.27. The molecular formula is C29H26Cl3N5O4. The van der Waals surface area contributed by atoms with E-state index in [2.05, 4.69) is 15.6 Å². The van der Waals surface area contributed by atoms with Crippen LogP contribution < -0.4 is 20.3 Å². The lowest BCUT2D eigenvalue weighted by atomic mass is 10.1. The van der Waals surface area contributed by atoms with Crippen molar-refractivity contribution in [2.75, 3.05) is 25.5 Å². The van der Waals surface area contributed by atoms with Gasteiger partial charge < -0.3 is 20.3 Å². The lowest BCUT2D eigenvalue weighted by Gasteiger charge is -2.21. The van der Waals surface area contributed by atoms with Crippen molar-refractivity contribution in [2.24, 2.45) is 0 Å². The van der Waals surface area contributed by atoms with Crippen LogP contribution >= 0.6 is 34.8 Å². The Morgan fingerprint density at radius 3 is 2.51 bits per heavy atom. The van der Waals surface area contributed by atoms with E-state index in [1.54, 1.807) is 86.2 Å². The quantitative estimate of drug-likeness (QED) is 0.248. The summed E-state index contributed by atoms with van der Waals surface area (Å²) in [6, 6.07) is 13.5. The van der Waals surface area contributed by atoms with Crippen LogP contribution in [0.1, 0.15) is 27.2 Å². The number of likely N-dealkylation sites (N-methyl/N-ethyl adjacent to an activating group) is 1. The van der Waals surface area contributed by atoms with Crippen molar-refractivity contribution in [3.8, 4) is 5.75 Å². The summed E-state index contributed by atoms with van der Waals surface area (Å²) in [5.74, 6) is -0.566. The van der Waals surface area contributed by atoms with Crippen molar-refractivity contribution in [1.82, 2.24) is 20.0 Å². The summed E-state index contributed by atoms with van der Waals surface area (Å²) < 4.78 is 7.71. The van der Waals surface area contributed by atoms with E-state index in [4.69, 9.17) is 39.5 Å². The lowest BCUT2D eigenvalue weighted by molar-refractivity contribution is -0.122. The number of fused-ring (bicyclic) bond motifs is 1. The highest BCUT2D eigenvalue weighted by Crippen LogP contribution is 2.35. The largest absolute Gasteiger partial charge is 0.485 e. The number of carbonyl (C=O) groups excluding carboxylic acids is 3. The monoisotopic (exact) mass is 613 g/mol. The standard InChI is InChI=1S/C29H26Cl3N5O4/c1-17-27(32)37-14-4-5-23(28(37)35-17)41-16-20-21(30)11-12-22(26(20)31)36(3)25(39)15-34-24(38)13-8-18-6-9-19(10-7-18)29(40)33-2/h4-14H,15-16H2,1-3H3,(H,33,40)(H,34,38). The fourth-order valence-electron chi connectivity index (χ4n) is 3.90. The molecule has 0 spiro atoms. The van der Waals surface area contributed by atoms with Crippen LogP contribution in [0.5, 0.6) is 5.75 Å². The highest BCUT2D eigenvalue weighted by atomic mass is 35.5. The summed E-state index contributed by atoms with van der Waals surface area (Å²) in [6.07, 6.45) is 4.67. The Labute approximate surface area is 251 Å². The van der Waals surface area contributed by atoms with Crippen LogP contribution in [0.15, 0.2) is 60.8 Å². The number of rotatable bonds is 9. The minimum atomic E-state index is -0.457. The third-order valence-electron chi connectivity index (χ3n) is 6.23. The van der Waals surface area contributed by atoms with Crippen LogP contribution in [0.25, 0.3) is 11.7 Å². The van der Waals surface area contributed by atoms with E-state index >= 15 is 0 Å². The Morgan fingerprint density at radius 1 is 1.07 bits per heavy atom. The van der Waals surface area contributed by atoms with E-state index in [0.717, 1.165) is 5.56 Å². The van der Waals surface area contributed by atoms with Gasteiger partial charge in [-0.1, -0.05) is 46.9 Å². The van der Waals surface area contributed by atoms with Crippen LogP contribution in [0.2, 0.25) is 15.2 Å². The molecule has 2 aromatic carbocycles. The van der Waals surface area contributed by atoms with Gasteiger partial charge in [-0.2, -0.15) is 0 Å². The Hall–Kier alpha value is -4.05. The number of ether oxygens (including phenoxy) is 1. The molecule has 0 atom stereocenters. The van der Waals surface area contributed by atoms with E-state index in [9.17, 15) is 14.4 Å². The number of imidazole rings is 1. The highest BCUT2D eigenvalue weighted by molar-refractivity contribution is 6.38. The van der Waals surface area contributed by atoms with Gasteiger partial charge in [-0.3, -0.25) is 18.8 Å². The number of nitrogens with zero attached hydrogens (tertiary/aromatic N) is 3. The Balaban J connectivity index is 1.39. The van der Waals surface area contributed by atoms with Crippen molar-refractivity contribution in [3.05, 3.63) is 98.4 Å². The summed E-state index contributed by atoms with van der Waals surface area (Å²) in [4.78, 5) is 42.6. The molecule has 9 nitrogen and oxygen atoms in total. The second-order valence-corrected chi connectivity index (χ2v) is 10.0. The minimum Gasteiger partial charge on any atom is -0.485 e. The number of pyridine rings is 1. The molecule has 0 fully saturated rings. The second-order valence-electron chi connectivity index (χ2n) is 8.91. The molecule has 0 aliphatic heterocycles. The first-order valence-electron chi connectivity index (χ1n) is 12.4. The van der Waals surface area contributed by atoms with Gasteiger partial charge in [0.05, 0.1) is 22.9 Å². The van der Waals surface area contributed by atoms with Crippen LogP contribution in [-0.2, 0) is 16.2 Å². The Kier molecular flexibility index (Phi) is 9.54. The van der Waals surface area contributed by atoms with Crippen molar-refractivity contribution in [2.45, 2.75) is 13.5 Å². The number of nitrogens with one attached hydrogen (secondary N) is 2. The summed E-state index contributed by atoms with van der Waals surface area (Å²) >= 11 is 19.4. The maximum absolute atomic E-state index is 12.9. The van der Waals surface area contributed by atoms with E-state index in [1.165, 1.54) is 11.0 Å². The Bertz CT molecular complexity index is 1650. The first-order chi connectivity index (χ1) is 19.6. The van der Waals surface area contributed by atoms with E-state index < -0.39 is 11.8 Å². The van der Waals surface area contributed by atoms with Gasteiger partial charge in [0.25, 0.3) is 5.91 Å². The number of carbonyl (C=O) groups is 3. The third kappa shape index (κ3) is 6.82. The first kappa shape index (κ1) is 29.9. The molecule has 41 heavy (non-hydrogen) atoms. The molecular weight excluding hydrogens is 589 g/mol. The fraction of sp³-hybridized carbons (Fsp3) is 0.172. The number of benzene rings is 2. The maximum atomic E-state index is 12.9. The molecule has 0 unspecified atom stereocenters. The van der Waals surface area contributed by atoms with Crippen molar-refractivity contribution >= 4 is 69.9 Å². The van der Waals surface area contributed by atoms with E-state index in [0.29, 0.717) is 44.1 Å². The van der Waals surface area contributed by atoms with Gasteiger partial charge in [-0.05, 0) is 55.0 Å². The van der Waals surface area contributed by atoms with Gasteiger partial charge in [-0.15, -0.1) is 0 Å². The molecule has 0 aliphatic carbocycles.